The quantitative estimate of drug-likeness (QED) is 0.758. The van der Waals surface area contributed by atoms with E-state index in [-0.39, 0.29) is 16.2 Å². The average Bonchev–Trinajstić information content (AvgIpc) is 2.13. The maximum Gasteiger partial charge on any atom is 0.192 e. The lowest BCUT2D eigenvalue weighted by atomic mass is 10.2. The minimum Gasteiger partial charge on any atom is -0.415 e. The molecule has 1 atom stereocenters. The summed E-state index contributed by atoms with van der Waals surface area (Å²) in [6, 6.07) is -0.171. The second kappa shape index (κ2) is 6.92. The van der Waals surface area contributed by atoms with Crippen LogP contribution in [0.25, 0.3) is 0 Å². The van der Waals surface area contributed by atoms with Gasteiger partial charge in [0.2, 0.25) is 0 Å². The van der Waals surface area contributed by atoms with E-state index in [4.69, 9.17) is 10.2 Å². The third kappa shape index (κ3) is 6.60. The van der Waals surface area contributed by atoms with Gasteiger partial charge in [-0.3, -0.25) is 4.79 Å². The first-order valence-corrected chi connectivity index (χ1v) is 10.0. The van der Waals surface area contributed by atoms with Crippen molar-refractivity contribution in [3.8, 4) is 0 Å². The van der Waals surface area contributed by atoms with Gasteiger partial charge in [-0.25, -0.2) is 0 Å². The smallest absolute Gasteiger partial charge is 0.192 e. The standard InChI is InChI=1S/C12H27NO2SSi/c1-7-16-11(14)8-10(13)9-15-17(5,6)12(2,3)4/h10H,7-9,13H2,1-6H3. The number of thioether (sulfide) groups is 1. The summed E-state index contributed by atoms with van der Waals surface area (Å²) < 4.78 is 5.99. The Morgan fingerprint density at radius 2 is 1.94 bits per heavy atom. The van der Waals surface area contributed by atoms with Gasteiger partial charge in [0.05, 0.1) is 0 Å². The van der Waals surface area contributed by atoms with Crippen LogP contribution >= 0.6 is 11.8 Å². The zero-order chi connectivity index (χ0) is 13.7. The summed E-state index contributed by atoms with van der Waals surface area (Å²) in [7, 11) is -1.74. The van der Waals surface area contributed by atoms with Crippen molar-refractivity contribution in [1.29, 1.82) is 0 Å². The first-order valence-electron chi connectivity index (χ1n) is 6.15. The van der Waals surface area contributed by atoms with Crippen LogP contribution in [-0.2, 0) is 9.22 Å². The fourth-order valence-corrected chi connectivity index (χ4v) is 2.74. The minimum absolute atomic E-state index is 0.166. The monoisotopic (exact) mass is 277 g/mol. The number of hydrogen-bond donors (Lipinski definition) is 1. The van der Waals surface area contributed by atoms with Crippen molar-refractivity contribution < 1.29 is 9.22 Å². The van der Waals surface area contributed by atoms with Crippen LogP contribution in [0.4, 0.5) is 0 Å². The maximum atomic E-state index is 11.4. The zero-order valence-electron chi connectivity index (χ0n) is 12.0. The topological polar surface area (TPSA) is 52.3 Å². The molecule has 0 spiro atoms. The molecule has 17 heavy (non-hydrogen) atoms. The fourth-order valence-electron chi connectivity index (χ4n) is 1.02. The third-order valence-corrected chi connectivity index (χ3v) is 8.48. The molecule has 0 heterocycles. The van der Waals surface area contributed by atoms with Crippen molar-refractivity contribution in [1.82, 2.24) is 0 Å². The molecule has 0 saturated heterocycles. The molecule has 0 radical (unpaired) electrons. The molecule has 2 N–H and O–H groups in total. The van der Waals surface area contributed by atoms with E-state index in [1.54, 1.807) is 0 Å². The molecule has 5 heteroatoms. The van der Waals surface area contributed by atoms with Crippen LogP contribution in [-0.4, -0.2) is 31.8 Å². The van der Waals surface area contributed by atoms with E-state index in [9.17, 15) is 4.79 Å². The summed E-state index contributed by atoms with van der Waals surface area (Å²) in [5.74, 6) is 0.814. The van der Waals surface area contributed by atoms with Crippen LogP contribution in [0.3, 0.4) is 0 Å². The number of rotatable bonds is 6. The van der Waals surface area contributed by atoms with Gasteiger partial charge in [0, 0.05) is 19.1 Å². The van der Waals surface area contributed by atoms with Gasteiger partial charge in [0.25, 0.3) is 0 Å². The molecule has 0 rings (SSSR count). The third-order valence-electron chi connectivity index (χ3n) is 3.20. The summed E-state index contributed by atoms with van der Waals surface area (Å²) in [5, 5.41) is 0.355. The molecule has 0 saturated carbocycles. The Labute approximate surface area is 111 Å². The lowest BCUT2D eigenvalue weighted by Gasteiger charge is -2.36. The van der Waals surface area contributed by atoms with Gasteiger partial charge in [-0.1, -0.05) is 39.5 Å². The highest BCUT2D eigenvalue weighted by molar-refractivity contribution is 8.13. The van der Waals surface area contributed by atoms with Crippen molar-refractivity contribution in [3.63, 3.8) is 0 Å². The SMILES string of the molecule is CCSC(=O)CC(N)CO[Si](C)(C)C(C)(C)C. The lowest BCUT2D eigenvalue weighted by Crippen LogP contribution is -2.44. The Morgan fingerprint density at radius 1 is 1.41 bits per heavy atom. The summed E-state index contributed by atoms with van der Waals surface area (Å²) >= 11 is 1.34. The van der Waals surface area contributed by atoms with Gasteiger partial charge in [-0.05, 0) is 23.9 Å². The van der Waals surface area contributed by atoms with Crippen LogP contribution in [0.2, 0.25) is 18.1 Å². The van der Waals surface area contributed by atoms with Crippen LogP contribution in [0.5, 0.6) is 0 Å². The molecule has 0 fully saturated rings. The molecule has 0 aliphatic rings. The van der Waals surface area contributed by atoms with Crippen LogP contribution in [0.15, 0.2) is 0 Å². The van der Waals surface area contributed by atoms with Crippen molar-refractivity contribution in [2.45, 2.75) is 58.3 Å². The van der Waals surface area contributed by atoms with Crippen LogP contribution < -0.4 is 5.73 Å². The molecule has 0 aliphatic heterocycles. The molecule has 0 aliphatic carbocycles. The highest BCUT2D eigenvalue weighted by Crippen LogP contribution is 2.36. The van der Waals surface area contributed by atoms with E-state index in [1.165, 1.54) is 11.8 Å². The number of carbonyl (C=O) groups excluding carboxylic acids is 1. The molecule has 0 bridgehead atoms. The Bertz CT molecular complexity index is 251. The van der Waals surface area contributed by atoms with Crippen LogP contribution in [0.1, 0.15) is 34.1 Å². The molecule has 102 valence electrons. The van der Waals surface area contributed by atoms with E-state index >= 15 is 0 Å². The van der Waals surface area contributed by atoms with E-state index < -0.39 is 8.32 Å². The second-order valence-corrected chi connectivity index (χ2v) is 12.0. The predicted octanol–water partition coefficient (Wildman–Crippen LogP) is 3.01. The van der Waals surface area contributed by atoms with Crippen molar-refractivity contribution in [3.05, 3.63) is 0 Å². The van der Waals surface area contributed by atoms with Gasteiger partial charge in [-0.2, -0.15) is 0 Å². The Kier molecular flexibility index (Phi) is 6.99. The zero-order valence-corrected chi connectivity index (χ0v) is 13.8. The summed E-state index contributed by atoms with van der Waals surface area (Å²) in [6.45, 7) is 13.5. The van der Waals surface area contributed by atoms with Crippen molar-refractivity contribution >= 4 is 25.2 Å². The molecule has 0 aromatic carbocycles. The number of hydrogen-bond acceptors (Lipinski definition) is 4. The van der Waals surface area contributed by atoms with Gasteiger partial charge in [0.15, 0.2) is 13.4 Å². The molecule has 0 amide bonds. The fraction of sp³-hybridized carbons (Fsp3) is 0.917. The molecule has 3 nitrogen and oxygen atoms in total. The summed E-state index contributed by atoms with van der Waals surface area (Å²) in [5.41, 5.74) is 5.92. The Balaban J connectivity index is 4.08. The van der Waals surface area contributed by atoms with Crippen LogP contribution in [0, 0.1) is 0 Å². The van der Waals surface area contributed by atoms with Gasteiger partial charge < -0.3 is 10.2 Å². The first-order chi connectivity index (χ1) is 7.60. The molecular formula is C12H27NO2SSi. The first kappa shape index (κ1) is 17.2. The van der Waals surface area contributed by atoms with E-state index in [2.05, 4.69) is 33.9 Å². The maximum absolute atomic E-state index is 11.4. The van der Waals surface area contributed by atoms with Gasteiger partial charge in [0.1, 0.15) is 0 Å². The Morgan fingerprint density at radius 3 is 2.35 bits per heavy atom. The van der Waals surface area contributed by atoms with E-state index in [0.29, 0.717) is 13.0 Å². The largest absolute Gasteiger partial charge is 0.415 e. The normalized spacial score (nSPS) is 14.8. The number of carbonyl (C=O) groups is 1. The average molecular weight is 278 g/mol. The highest BCUT2D eigenvalue weighted by atomic mass is 32.2. The molecule has 0 aromatic heterocycles. The minimum atomic E-state index is -1.74. The predicted molar refractivity (Wildman–Crippen MR) is 78.9 cm³/mol. The van der Waals surface area contributed by atoms with Gasteiger partial charge in [-0.15, -0.1) is 0 Å². The van der Waals surface area contributed by atoms with Gasteiger partial charge >= 0.3 is 0 Å². The van der Waals surface area contributed by atoms with Crippen molar-refractivity contribution in [2.75, 3.05) is 12.4 Å². The Hall–Kier alpha value is 0.157. The van der Waals surface area contributed by atoms with Crippen molar-refractivity contribution in [2.24, 2.45) is 5.73 Å². The summed E-state index contributed by atoms with van der Waals surface area (Å²) in [4.78, 5) is 11.4. The van der Waals surface area contributed by atoms with E-state index in [1.807, 2.05) is 6.92 Å². The molecule has 0 aromatic rings. The van der Waals surface area contributed by atoms with E-state index in [0.717, 1.165) is 5.75 Å². The molecular weight excluding hydrogens is 250 g/mol. The number of nitrogens with two attached hydrogens (primary N) is 1. The summed E-state index contributed by atoms with van der Waals surface area (Å²) in [6.07, 6.45) is 0.410. The molecule has 1 unspecified atom stereocenters. The highest BCUT2D eigenvalue weighted by Gasteiger charge is 2.37. The lowest BCUT2D eigenvalue weighted by molar-refractivity contribution is -0.111. The second-order valence-electron chi connectivity index (χ2n) is 5.84.